The van der Waals surface area contributed by atoms with Crippen molar-refractivity contribution in [2.75, 3.05) is 11.9 Å². The van der Waals surface area contributed by atoms with Gasteiger partial charge in [0.2, 0.25) is 0 Å². The van der Waals surface area contributed by atoms with Gasteiger partial charge < -0.3 is 5.32 Å². The molecule has 2 heterocycles. The lowest BCUT2D eigenvalue weighted by molar-refractivity contribution is 0.669. The summed E-state index contributed by atoms with van der Waals surface area (Å²) >= 11 is 0. The van der Waals surface area contributed by atoms with Crippen LogP contribution in [0, 0.1) is 0 Å². The number of fused-ring (bicyclic) bond motifs is 1. The molecule has 1 aromatic rings. The predicted octanol–water partition coefficient (Wildman–Crippen LogP) is 4.76. The maximum Gasteiger partial charge on any atom is 0.129 e. The molecule has 2 nitrogen and oxygen atoms in total. The van der Waals surface area contributed by atoms with Gasteiger partial charge in [0, 0.05) is 12.2 Å². The summed E-state index contributed by atoms with van der Waals surface area (Å²) in [6, 6.07) is 4.47. The SMILES string of the molecule is CC.CCCCCc1ccc2c(n1)NCCC2C. The molecular weight excluding hydrogens is 220 g/mol. The number of rotatable bonds is 4. The largest absolute Gasteiger partial charge is 0.370 e. The first-order chi connectivity index (χ1) is 8.81. The van der Waals surface area contributed by atoms with E-state index >= 15 is 0 Å². The first kappa shape index (κ1) is 15.0. The van der Waals surface area contributed by atoms with Gasteiger partial charge in [-0.2, -0.15) is 0 Å². The summed E-state index contributed by atoms with van der Waals surface area (Å²) in [6.45, 7) is 9.60. The van der Waals surface area contributed by atoms with Crippen molar-refractivity contribution in [1.82, 2.24) is 4.98 Å². The smallest absolute Gasteiger partial charge is 0.129 e. The molecule has 2 heteroatoms. The summed E-state index contributed by atoms with van der Waals surface area (Å²) in [6.07, 6.45) is 6.20. The first-order valence-electron chi connectivity index (χ1n) is 7.55. The van der Waals surface area contributed by atoms with Crippen LogP contribution < -0.4 is 5.32 Å². The summed E-state index contributed by atoms with van der Waals surface area (Å²) in [5.41, 5.74) is 2.64. The Kier molecular flexibility index (Phi) is 6.77. The monoisotopic (exact) mass is 248 g/mol. The molecule has 1 N–H and O–H groups in total. The number of nitrogens with zero attached hydrogens (tertiary/aromatic N) is 1. The third-order valence-corrected chi connectivity index (χ3v) is 3.42. The number of anilines is 1. The lowest BCUT2D eigenvalue weighted by Gasteiger charge is -2.23. The Morgan fingerprint density at radius 2 is 2.06 bits per heavy atom. The summed E-state index contributed by atoms with van der Waals surface area (Å²) in [5, 5.41) is 3.41. The molecule has 0 spiro atoms. The Hall–Kier alpha value is -1.05. The number of nitrogens with one attached hydrogen (secondary N) is 1. The number of aromatic nitrogens is 1. The Labute approximate surface area is 112 Å². The second-order valence-corrected chi connectivity index (χ2v) is 4.81. The summed E-state index contributed by atoms with van der Waals surface area (Å²) in [5.74, 6) is 1.79. The predicted molar refractivity (Wildman–Crippen MR) is 80.3 cm³/mol. The minimum Gasteiger partial charge on any atom is -0.370 e. The van der Waals surface area contributed by atoms with E-state index in [2.05, 4.69) is 31.3 Å². The molecule has 102 valence electrons. The highest BCUT2D eigenvalue weighted by Gasteiger charge is 2.16. The van der Waals surface area contributed by atoms with E-state index in [1.165, 1.54) is 36.9 Å². The van der Waals surface area contributed by atoms with Gasteiger partial charge in [0.15, 0.2) is 0 Å². The van der Waals surface area contributed by atoms with Crippen LogP contribution in [0.5, 0.6) is 0 Å². The van der Waals surface area contributed by atoms with Crippen molar-refractivity contribution in [3.63, 3.8) is 0 Å². The van der Waals surface area contributed by atoms with Crippen LogP contribution in [0.2, 0.25) is 0 Å². The van der Waals surface area contributed by atoms with E-state index in [4.69, 9.17) is 4.98 Å². The fourth-order valence-corrected chi connectivity index (χ4v) is 2.31. The van der Waals surface area contributed by atoms with E-state index in [1.54, 1.807) is 0 Å². The highest BCUT2D eigenvalue weighted by Crippen LogP contribution is 2.29. The van der Waals surface area contributed by atoms with Crippen LogP contribution in [0.1, 0.15) is 70.6 Å². The van der Waals surface area contributed by atoms with Crippen LogP contribution >= 0.6 is 0 Å². The molecule has 0 aliphatic carbocycles. The van der Waals surface area contributed by atoms with E-state index in [-0.39, 0.29) is 0 Å². The van der Waals surface area contributed by atoms with Crippen molar-refractivity contribution in [3.05, 3.63) is 23.4 Å². The molecule has 1 atom stereocenters. The standard InChI is InChI=1S/C14H22N2.C2H6/c1-3-4-5-6-12-7-8-13-11(2)9-10-15-14(13)16-12;1-2/h7-8,11H,3-6,9-10H2,1-2H3,(H,15,16);1-2H3. The van der Waals surface area contributed by atoms with E-state index < -0.39 is 0 Å². The molecular formula is C16H28N2. The van der Waals surface area contributed by atoms with Gasteiger partial charge in [-0.1, -0.05) is 46.6 Å². The maximum absolute atomic E-state index is 4.72. The van der Waals surface area contributed by atoms with Gasteiger partial charge in [0.1, 0.15) is 5.82 Å². The lowest BCUT2D eigenvalue weighted by Crippen LogP contribution is -2.16. The molecule has 1 aliphatic heterocycles. The fourth-order valence-electron chi connectivity index (χ4n) is 2.31. The molecule has 1 aromatic heterocycles. The molecule has 0 amide bonds. The van der Waals surface area contributed by atoms with Gasteiger partial charge in [-0.25, -0.2) is 4.98 Å². The van der Waals surface area contributed by atoms with Crippen molar-refractivity contribution in [2.45, 2.75) is 65.7 Å². The van der Waals surface area contributed by atoms with Crippen molar-refractivity contribution in [2.24, 2.45) is 0 Å². The zero-order valence-corrected chi connectivity index (χ0v) is 12.4. The molecule has 0 bridgehead atoms. The van der Waals surface area contributed by atoms with Crippen molar-refractivity contribution in [1.29, 1.82) is 0 Å². The second-order valence-electron chi connectivity index (χ2n) is 4.81. The van der Waals surface area contributed by atoms with Crippen molar-refractivity contribution in [3.8, 4) is 0 Å². The summed E-state index contributed by atoms with van der Waals surface area (Å²) < 4.78 is 0. The highest BCUT2D eigenvalue weighted by molar-refractivity contribution is 5.49. The average Bonchev–Trinajstić information content (AvgIpc) is 2.42. The number of aryl methyl sites for hydroxylation is 1. The lowest BCUT2D eigenvalue weighted by atomic mass is 9.95. The number of pyridine rings is 1. The molecule has 0 saturated heterocycles. The van der Waals surface area contributed by atoms with Gasteiger partial charge in [-0.15, -0.1) is 0 Å². The third kappa shape index (κ3) is 4.01. The average molecular weight is 248 g/mol. The molecule has 0 fully saturated rings. The molecule has 18 heavy (non-hydrogen) atoms. The fraction of sp³-hybridized carbons (Fsp3) is 0.688. The topological polar surface area (TPSA) is 24.9 Å². The van der Waals surface area contributed by atoms with Crippen molar-refractivity contribution < 1.29 is 0 Å². The zero-order chi connectivity index (χ0) is 13.4. The second kappa shape index (κ2) is 8.12. The van der Waals surface area contributed by atoms with E-state index in [0.29, 0.717) is 5.92 Å². The molecule has 0 radical (unpaired) electrons. The Balaban J connectivity index is 0.000000771. The van der Waals surface area contributed by atoms with Crippen LogP contribution in [0.15, 0.2) is 12.1 Å². The van der Waals surface area contributed by atoms with Gasteiger partial charge in [0.25, 0.3) is 0 Å². The Bertz CT molecular complexity index is 347. The quantitative estimate of drug-likeness (QED) is 0.777. The Morgan fingerprint density at radius 1 is 1.28 bits per heavy atom. The molecule has 0 saturated carbocycles. The van der Waals surface area contributed by atoms with Crippen LogP contribution in [0.4, 0.5) is 5.82 Å². The maximum atomic E-state index is 4.72. The Morgan fingerprint density at radius 3 is 2.78 bits per heavy atom. The third-order valence-electron chi connectivity index (χ3n) is 3.42. The van der Waals surface area contributed by atoms with E-state index in [0.717, 1.165) is 18.8 Å². The van der Waals surface area contributed by atoms with Crippen LogP contribution in [-0.4, -0.2) is 11.5 Å². The molecule has 1 aliphatic rings. The normalized spacial score (nSPS) is 17.2. The van der Waals surface area contributed by atoms with Gasteiger partial charge >= 0.3 is 0 Å². The number of hydrogen-bond acceptors (Lipinski definition) is 2. The summed E-state index contributed by atoms with van der Waals surface area (Å²) in [4.78, 5) is 4.72. The minimum absolute atomic E-state index is 0.661. The van der Waals surface area contributed by atoms with Crippen LogP contribution in [0.3, 0.4) is 0 Å². The van der Waals surface area contributed by atoms with Crippen molar-refractivity contribution >= 4 is 5.82 Å². The first-order valence-corrected chi connectivity index (χ1v) is 7.55. The van der Waals surface area contributed by atoms with Gasteiger partial charge in [-0.05, 0) is 36.8 Å². The van der Waals surface area contributed by atoms with Crippen LogP contribution in [-0.2, 0) is 6.42 Å². The van der Waals surface area contributed by atoms with Gasteiger partial charge in [0.05, 0.1) is 0 Å². The molecule has 2 rings (SSSR count). The van der Waals surface area contributed by atoms with Crippen LogP contribution in [0.25, 0.3) is 0 Å². The molecule has 0 aromatic carbocycles. The zero-order valence-electron chi connectivity index (χ0n) is 12.4. The summed E-state index contributed by atoms with van der Waals surface area (Å²) in [7, 11) is 0. The minimum atomic E-state index is 0.661. The van der Waals surface area contributed by atoms with Gasteiger partial charge in [-0.3, -0.25) is 0 Å². The highest BCUT2D eigenvalue weighted by atomic mass is 15.0. The molecule has 1 unspecified atom stereocenters. The number of unbranched alkanes of at least 4 members (excludes halogenated alkanes) is 2. The van der Waals surface area contributed by atoms with E-state index in [1.807, 2.05) is 13.8 Å². The number of hydrogen-bond donors (Lipinski definition) is 1. The van der Waals surface area contributed by atoms with E-state index in [9.17, 15) is 0 Å².